The van der Waals surface area contributed by atoms with Crippen LogP contribution in [0.15, 0.2) is 24.3 Å². The summed E-state index contributed by atoms with van der Waals surface area (Å²) in [5.41, 5.74) is 1.14. The number of carbonyl (C=O) groups excluding carboxylic acids is 3. The molecule has 0 aliphatic carbocycles. The number of nitrogens with one attached hydrogen (secondary N) is 2. The van der Waals surface area contributed by atoms with Crippen LogP contribution in [-0.2, 0) is 20.9 Å². The van der Waals surface area contributed by atoms with E-state index in [0.29, 0.717) is 18.7 Å². The average molecular weight is 308 g/mol. The third kappa shape index (κ3) is 6.36. The Kier molecular flexibility index (Phi) is 7.63. The topological polar surface area (TPSA) is 93.7 Å². The molecule has 1 aromatic rings. The highest BCUT2D eigenvalue weighted by Crippen LogP contribution is 2.07. The molecule has 0 spiro atoms. The highest BCUT2D eigenvalue weighted by atomic mass is 16.5. The number of rotatable bonds is 7. The van der Waals surface area contributed by atoms with Gasteiger partial charge in [-0.25, -0.2) is 9.59 Å². The van der Waals surface area contributed by atoms with Gasteiger partial charge < -0.3 is 14.8 Å². The van der Waals surface area contributed by atoms with Gasteiger partial charge in [-0.1, -0.05) is 19.1 Å². The highest BCUT2D eigenvalue weighted by Gasteiger charge is 2.12. The first-order chi connectivity index (χ1) is 10.6. The minimum absolute atomic E-state index is 0.317. The van der Waals surface area contributed by atoms with Crippen LogP contribution in [-0.4, -0.2) is 38.2 Å². The van der Waals surface area contributed by atoms with Crippen LogP contribution in [0, 0.1) is 0 Å². The molecule has 1 aromatic carbocycles. The highest BCUT2D eigenvalue weighted by molar-refractivity contribution is 5.97. The van der Waals surface area contributed by atoms with E-state index < -0.39 is 24.5 Å². The summed E-state index contributed by atoms with van der Waals surface area (Å²) in [4.78, 5) is 34.5. The van der Waals surface area contributed by atoms with E-state index in [-0.39, 0.29) is 0 Å². The van der Waals surface area contributed by atoms with Gasteiger partial charge in [0.1, 0.15) is 0 Å². The summed E-state index contributed by atoms with van der Waals surface area (Å²) in [6, 6.07) is 6.10. The molecule has 0 atom stereocenters. The molecular formula is C15H20N2O5. The van der Waals surface area contributed by atoms with Gasteiger partial charge in [0.15, 0.2) is 6.61 Å². The minimum Gasteiger partial charge on any atom is -0.452 e. The molecule has 0 radical (unpaired) electrons. The SMILES string of the molecule is CCCNC(=O)NC(=O)COC(=O)c1cccc(COC)c1. The van der Waals surface area contributed by atoms with Crippen molar-refractivity contribution < 1.29 is 23.9 Å². The number of esters is 1. The van der Waals surface area contributed by atoms with Crippen molar-refractivity contribution >= 4 is 17.9 Å². The molecular weight excluding hydrogens is 288 g/mol. The Labute approximate surface area is 129 Å². The molecule has 0 aliphatic heterocycles. The summed E-state index contributed by atoms with van der Waals surface area (Å²) >= 11 is 0. The van der Waals surface area contributed by atoms with Gasteiger partial charge in [0.2, 0.25) is 0 Å². The molecule has 0 bridgehead atoms. The molecule has 3 amide bonds. The van der Waals surface area contributed by atoms with Crippen LogP contribution in [0.25, 0.3) is 0 Å². The van der Waals surface area contributed by atoms with Gasteiger partial charge in [-0.05, 0) is 24.1 Å². The first-order valence-electron chi connectivity index (χ1n) is 6.89. The van der Waals surface area contributed by atoms with Crippen LogP contribution in [0.4, 0.5) is 4.79 Å². The van der Waals surface area contributed by atoms with Gasteiger partial charge in [0.25, 0.3) is 5.91 Å². The van der Waals surface area contributed by atoms with E-state index in [1.807, 2.05) is 13.0 Å². The Morgan fingerprint density at radius 3 is 2.68 bits per heavy atom. The van der Waals surface area contributed by atoms with Crippen molar-refractivity contribution in [2.75, 3.05) is 20.3 Å². The molecule has 0 unspecified atom stereocenters. The van der Waals surface area contributed by atoms with E-state index in [1.54, 1.807) is 25.3 Å². The average Bonchev–Trinajstić information content (AvgIpc) is 2.51. The first kappa shape index (κ1) is 17.6. The quantitative estimate of drug-likeness (QED) is 0.739. The molecule has 2 N–H and O–H groups in total. The molecule has 120 valence electrons. The molecule has 1 rings (SSSR count). The largest absolute Gasteiger partial charge is 0.452 e. The fourth-order valence-corrected chi connectivity index (χ4v) is 1.61. The van der Waals surface area contributed by atoms with Crippen LogP contribution >= 0.6 is 0 Å². The van der Waals surface area contributed by atoms with Crippen LogP contribution < -0.4 is 10.6 Å². The van der Waals surface area contributed by atoms with Gasteiger partial charge in [-0.2, -0.15) is 0 Å². The smallest absolute Gasteiger partial charge is 0.338 e. The fourth-order valence-electron chi connectivity index (χ4n) is 1.61. The maximum Gasteiger partial charge on any atom is 0.338 e. The monoisotopic (exact) mass is 308 g/mol. The van der Waals surface area contributed by atoms with Gasteiger partial charge in [0, 0.05) is 13.7 Å². The molecule has 0 saturated heterocycles. The molecule has 0 aromatic heterocycles. The number of methoxy groups -OCH3 is 1. The number of urea groups is 1. The molecule has 0 saturated carbocycles. The van der Waals surface area contributed by atoms with Crippen molar-refractivity contribution in [2.45, 2.75) is 20.0 Å². The fraction of sp³-hybridized carbons (Fsp3) is 0.400. The normalized spacial score (nSPS) is 9.91. The summed E-state index contributed by atoms with van der Waals surface area (Å²) in [6.07, 6.45) is 0.758. The van der Waals surface area contributed by atoms with E-state index >= 15 is 0 Å². The van der Waals surface area contributed by atoms with E-state index in [9.17, 15) is 14.4 Å². The van der Waals surface area contributed by atoms with Gasteiger partial charge >= 0.3 is 12.0 Å². The van der Waals surface area contributed by atoms with Crippen molar-refractivity contribution in [3.8, 4) is 0 Å². The van der Waals surface area contributed by atoms with E-state index in [2.05, 4.69) is 10.6 Å². The Morgan fingerprint density at radius 2 is 2.00 bits per heavy atom. The Bertz CT molecular complexity index is 530. The minimum atomic E-state index is -0.685. The lowest BCUT2D eigenvalue weighted by Crippen LogP contribution is -2.41. The number of ether oxygens (including phenoxy) is 2. The third-order valence-corrected chi connectivity index (χ3v) is 2.60. The molecule has 7 nitrogen and oxygen atoms in total. The van der Waals surface area contributed by atoms with Gasteiger partial charge in [-0.15, -0.1) is 0 Å². The van der Waals surface area contributed by atoms with Crippen LogP contribution in [0.5, 0.6) is 0 Å². The van der Waals surface area contributed by atoms with Crippen molar-refractivity contribution in [1.29, 1.82) is 0 Å². The second-order valence-corrected chi connectivity index (χ2v) is 4.51. The van der Waals surface area contributed by atoms with E-state index in [0.717, 1.165) is 12.0 Å². The van der Waals surface area contributed by atoms with Crippen LogP contribution in [0.2, 0.25) is 0 Å². The summed E-state index contributed by atoms with van der Waals surface area (Å²) in [6.45, 7) is 2.21. The predicted octanol–water partition coefficient (Wildman–Crippen LogP) is 1.23. The summed E-state index contributed by atoms with van der Waals surface area (Å²) in [5, 5.41) is 4.55. The molecule has 0 heterocycles. The predicted molar refractivity (Wildman–Crippen MR) is 79.3 cm³/mol. The number of imide groups is 1. The maximum absolute atomic E-state index is 11.8. The number of benzene rings is 1. The number of amides is 3. The Balaban J connectivity index is 2.43. The first-order valence-corrected chi connectivity index (χ1v) is 6.89. The standard InChI is InChI=1S/C15H20N2O5/c1-3-7-16-15(20)17-13(18)10-22-14(19)12-6-4-5-11(8-12)9-21-2/h4-6,8H,3,7,9-10H2,1-2H3,(H2,16,17,18,20). The van der Waals surface area contributed by atoms with Crippen molar-refractivity contribution in [3.63, 3.8) is 0 Å². The third-order valence-electron chi connectivity index (χ3n) is 2.60. The Morgan fingerprint density at radius 1 is 1.23 bits per heavy atom. The summed E-state index contributed by atoms with van der Waals surface area (Å²) < 4.78 is 9.83. The second kappa shape index (κ2) is 9.51. The van der Waals surface area contributed by atoms with Crippen molar-refractivity contribution in [2.24, 2.45) is 0 Å². The zero-order valence-electron chi connectivity index (χ0n) is 12.7. The van der Waals surface area contributed by atoms with Gasteiger partial charge in [-0.3, -0.25) is 10.1 Å². The van der Waals surface area contributed by atoms with E-state index in [1.165, 1.54) is 0 Å². The summed E-state index contributed by atoms with van der Waals surface area (Å²) in [5.74, 6) is -1.32. The molecule has 22 heavy (non-hydrogen) atoms. The molecule has 7 heteroatoms. The van der Waals surface area contributed by atoms with E-state index in [4.69, 9.17) is 9.47 Å². The number of carbonyl (C=O) groups is 3. The number of hydrogen-bond acceptors (Lipinski definition) is 5. The summed E-state index contributed by atoms with van der Waals surface area (Å²) in [7, 11) is 1.55. The lowest BCUT2D eigenvalue weighted by atomic mass is 10.1. The van der Waals surface area contributed by atoms with Gasteiger partial charge in [0.05, 0.1) is 12.2 Å². The number of hydrogen-bond donors (Lipinski definition) is 2. The zero-order valence-corrected chi connectivity index (χ0v) is 12.7. The van der Waals surface area contributed by atoms with Crippen molar-refractivity contribution in [3.05, 3.63) is 35.4 Å². The molecule has 0 aliphatic rings. The lowest BCUT2D eigenvalue weighted by Gasteiger charge is -2.07. The Hall–Kier alpha value is -2.41. The second-order valence-electron chi connectivity index (χ2n) is 4.51. The maximum atomic E-state index is 11.8. The van der Waals surface area contributed by atoms with Crippen molar-refractivity contribution in [1.82, 2.24) is 10.6 Å². The zero-order chi connectivity index (χ0) is 16.4. The molecule has 0 fully saturated rings. The lowest BCUT2D eigenvalue weighted by molar-refractivity contribution is -0.123. The van der Waals surface area contributed by atoms with Crippen LogP contribution in [0.1, 0.15) is 29.3 Å². The van der Waals surface area contributed by atoms with Crippen LogP contribution in [0.3, 0.4) is 0 Å².